The molecule has 2 aromatic rings. The zero-order valence-corrected chi connectivity index (χ0v) is 15.1. The Morgan fingerprint density at radius 2 is 2.15 bits per heavy atom. The molecule has 1 saturated heterocycles. The van der Waals surface area contributed by atoms with Crippen LogP contribution in [-0.2, 0) is 14.3 Å². The lowest BCUT2D eigenvalue weighted by molar-refractivity contribution is -0.143. The second-order valence-corrected chi connectivity index (χ2v) is 6.78. The number of carbonyl (C=O) groups excluding carboxylic acids is 1. The lowest BCUT2D eigenvalue weighted by Crippen LogP contribution is -2.50. The van der Waals surface area contributed by atoms with E-state index in [1.165, 1.54) is 0 Å². The molecular weight excluding hydrogens is 336 g/mol. The van der Waals surface area contributed by atoms with E-state index in [-0.39, 0.29) is 24.5 Å². The highest BCUT2D eigenvalue weighted by atomic mass is 16.5. The second-order valence-electron chi connectivity index (χ2n) is 6.78. The SMILES string of the molecule is C[C@H](C(=O)N1CCO[C@@H](CN(C)CC(=O)O)C1)c1cc2ccccc2o1. The van der Waals surface area contributed by atoms with Gasteiger partial charge in [0.25, 0.3) is 0 Å². The fourth-order valence-corrected chi connectivity index (χ4v) is 3.28. The number of aliphatic carboxylic acids is 1. The maximum Gasteiger partial charge on any atom is 0.317 e. The molecule has 1 amide bonds. The van der Waals surface area contributed by atoms with Crippen LogP contribution in [0.2, 0.25) is 0 Å². The first-order chi connectivity index (χ1) is 12.4. The fraction of sp³-hybridized carbons (Fsp3) is 0.474. The van der Waals surface area contributed by atoms with E-state index < -0.39 is 5.97 Å². The Hall–Kier alpha value is -2.38. The topological polar surface area (TPSA) is 83.2 Å². The Labute approximate surface area is 152 Å². The number of carboxylic acid groups (broad SMARTS) is 1. The van der Waals surface area contributed by atoms with Crippen molar-refractivity contribution < 1.29 is 23.8 Å². The molecule has 0 radical (unpaired) electrons. The number of ether oxygens (including phenoxy) is 1. The molecule has 3 rings (SSSR count). The van der Waals surface area contributed by atoms with Crippen molar-refractivity contribution in [1.29, 1.82) is 0 Å². The van der Waals surface area contributed by atoms with E-state index >= 15 is 0 Å². The van der Waals surface area contributed by atoms with E-state index in [1.807, 2.05) is 37.3 Å². The summed E-state index contributed by atoms with van der Waals surface area (Å²) in [4.78, 5) is 27.1. The molecule has 140 valence electrons. The minimum atomic E-state index is -0.880. The van der Waals surface area contributed by atoms with Gasteiger partial charge in [-0.15, -0.1) is 0 Å². The van der Waals surface area contributed by atoms with E-state index in [9.17, 15) is 9.59 Å². The molecule has 0 spiro atoms. The molecule has 2 heterocycles. The number of benzene rings is 1. The molecule has 1 aromatic carbocycles. The van der Waals surface area contributed by atoms with Crippen LogP contribution >= 0.6 is 0 Å². The van der Waals surface area contributed by atoms with E-state index in [1.54, 1.807) is 16.8 Å². The molecule has 7 heteroatoms. The van der Waals surface area contributed by atoms with Gasteiger partial charge in [0.1, 0.15) is 11.3 Å². The lowest BCUT2D eigenvalue weighted by Gasteiger charge is -2.35. The highest BCUT2D eigenvalue weighted by molar-refractivity contribution is 5.85. The highest BCUT2D eigenvalue weighted by Gasteiger charge is 2.30. The number of carbonyl (C=O) groups is 2. The molecule has 1 N–H and O–H groups in total. The molecule has 1 aromatic heterocycles. The van der Waals surface area contributed by atoms with E-state index in [4.69, 9.17) is 14.3 Å². The first-order valence-electron chi connectivity index (χ1n) is 8.73. The van der Waals surface area contributed by atoms with Crippen LogP contribution in [0.15, 0.2) is 34.7 Å². The van der Waals surface area contributed by atoms with Gasteiger partial charge in [-0.3, -0.25) is 14.5 Å². The average molecular weight is 360 g/mol. The van der Waals surface area contributed by atoms with Crippen LogP contribution in [0.5, 0.6) is 0 Å². The maximum absolute atomic E-state index is 12.9. The van der Waals surface area contributed by atoms with Gasteiger partial charge in [-0.25, -0.2) is 0 Å². The van der Waals surface area contributed by atoms with Crippen molar-refractivity contribution in [2.75, 3.05) is 39.8 Å². The van der Waals surface area contributed by atoms with Gasteiger partial charge in [0.05, 0.1) is 25.2 Å². The second kappa shape index (κ2) is 7.88. The Morgan fingerprint density at radius 1 is 1.38 bits per heavy atom. The normalized spacial score (nSPS) is 19.0. The number of hydrogen-bond acceptors (Lipinski definition) is 5. The average Bonchev–Trinajstić information content (AvgIpc) is 3.04. The summed E-state index contributed by atoms with van der Waals surface area (Å²) in [5.41, 5.74) is 0.775. The van der Waals surface area contributed by atoms with E-state index in [2.05, 4.69) is 0 Å². The van der Waals surface area contributed by atoms with Crippen molar-refractivity contribution in [2.24, 2.45) is 0 Å². The first-order valence-corrected chi connectivity index (χ1v) is 8.73. The number of morpholine rings is 1. The van der Waals surface area contributed by atoms with Crippen LogP contribution in [0.4, 0.5) is 0 Å². The van der Waals surface area contributed by atoms with Gasteiger partial charge in [0.2, 0.25) is 5.91 Å². The summed E-state index contributed by atoms with van der Waals surface area (Å²) < 4.78 is 11.5. The molecule has 0 unspecified atom stereocenters. The third-order valence-corrected chi connectivity index (χ3v) is 4.61. The van der Waals surface area contributed by atoms with Crippen molar-refractivity contribution in [3.8, 4) is 0 Å². The Morgan fingerprint density at radius 3 is 2.88 bits per heavy atom. The van der Waals surface area contributed by atoms with Gasteiger partial charge >= 0.3 is 5.97 Å². The molecule has 1 aliphatic heterocycles. The summed E-state index contributed by atoms with van der Waals surface area (Å²) in [6.45, 7) is 3.69. The summed E-state index contributed by atoms with van der Waals surface area (Å²) in [6, 6.07) is 9.61. The summed E-state index contributed by atoms with van der Waals surface area (Å²) in [5, 5.41) is 9.84. The number of likely N-dealkylation sites (N-methyl/N-ethyl adjacent to an activating group) is 1. The zero-order chi connectivity index (χ0) is 18.7. The number of fused-ring (bicyclic) bond motifs is 1. The fourth-order valence-electron chi connectivity index (χ4n) is 3.28. The number of carboxylic acids is 1. The number of furan rings is 1. The standard InChI is InChI=1S/C19H24N2O5/c1-13(17-9-14-5-3-4-6-16(14)26-17)19(24)21-7-8-25-15(11-21)10-20(2)12-18(22)23/h3-6,9,13,15H,7-8,10-12H2,1-2H3,(H,22,23)/t13-,15-/m0/s1. The van der Waals surface area contributed by atoms with Crippen LogP contribution in [0.25, 0.3) is 11.0 Å². The zero-order valence-electron chi connectivity index (χ0n) is 15.1. The smallest absolute Gasteiger partial charge is 0.317 e. The summed E-state index contributed by atoms with van der Waals surface area (Å²) >= 11 is 0. The van der Waals surface area contributed by atoms with Crippen molar-refractivity contribution in [3.63, 3.8) is 0 Å². The van der Waals surface area contributed by atoms with Gasteiger partial charge in [0.15, 0.2) is 0 Å². The molecular formula is C19H24N2O5. The van der Waals surface area contributed by atoms with Crippen molar-refractivity contribution in [3.05, 3.63) is 36.1 Å². The van der Waals surface area contributed by atoms with Gasteiger partial charge in [-0.2, -0.15) is 0 Å². The van der Waals surface area contributed by atoms with E-state index in [0.29, 0.717) is 32.0 Å². The Balaban J connectivity index is 1.63. The van der Waals surface area contributed by atoms with Gasteiger partial charge in [0, 0.05) is 25.0 Å². The summed E-state index contributed by atoms with van der Waals surface area (Å²) in [6.07, 6.45) is -0.195. The number of nitrogens with zero attached hydrogens (tertiary/aromatic N) is 2. The Bertz CT molecular complexity index is 754. The molecule has 0 saturated carbocycles. The molecule has 0 aliphatic carbocycles. The number of rotatable bonds is 6. The molecule has 1 aliphatic rings. The summed E-state index contributed by atoms with van der Waals surface area (Å²) in [5.74, 6) is -0.604. The number of hydrogen-bond donors (Lipinski definition) is 1. The predicted octanol–water partition coefficient (Wildman–Crippen LogP) is 1.78. The van der Waals surface area contributed by atoms with Crippen molar-refractivity contribution in [1.82, 2.24) is 9.80 Å². The van der Waals surface area contributed by atoms with Crippen LogP contribution < -0.4 is 0 Å². The van der Waals surface area contributed by atoms with Gasteiger partial charge in [-0.05, 0) is 26.1 Å². The molecule has 26 heavy (non-hydrogen) atoms. The maximum atomic E-state index is 12.9. The number of para-hydroxylation sites is 1. The van der Waals surface area contributed by atoms with Crippen molar-refractivity contribution in [2.45, 2.75) is 18.9 Å². The van der Waals surface area contributed by atoms with Gasteiger partial charge < -0.3 is 19.2 Å². The summed E-state index contributed by atoms with van der Waals surface area (Å²) in [7, 11) is 1.73. The third kappa shape index (κ3) is 4.23. The Kier molecular flexibility index (Phi) is 5.58. The molecule has 2 atom stereocenters. The first kappa shape index (κ1) is 18.4. The minimum Gasteiger partial charge on any atom is -0.480 e. The monoisotopic (exact) mass is 360 g/mol. The van der Waals surface area contributed by atoms with E-state index in [0.717, 1.165) is 11.0 Å². The van der Waals surface area contributed by atoms with Crippen LogP contribution in [0.1, 0.15) is 18.6 Å². The minimum absolute atomic E-state index is 0.00163. The van der Waals surface area contributed by atoms with Crippen LogP contribution in [0.3, 0.4) is 0 Å². The number of amides is 1. The third-order valence-electron chi connectivity index (χ3n) is 4.61. The van der Waals surface area contributed by atoms with Gasteiger partial charge in [-0.1, -0.05) is 18.2 Å². The molecule has 1 fully saturated rings. The lowest BCUT2D eigenvalue weighted by atomic mass is 10.1. The van der Waals surface area contributed by atoms with Crippen LogP contribution in [0, 0.1) is 0 Å². The molecule has 7 nitrogen and oxygen atoms in total. The van der Waals surface area contributed by atoms with Crippen molar-refractivity contribution >= 4 is 22.8 Å². The largest absolute Gasteiger partial charge is 0.480 e. The molecule has 0 bridgehead atoms. The van der Waals surface area contributed by atoms with Crippen LogP contribution in [-0.4, -0.2) is 72.7 Å². The highest BCUT2D eigenvalue weighted by Crippen LogP contribution is 2.26. The quantitative estimate of drug-likeness (QED) is 0.845. The predicted molar refractivity (Wildman–Crippen MR) is 96.1 cm³/mol.